The molecule has 14 heavy (non-hydrogen) atoms. The second-order valence-corrected chi connectivity index (χ2v) is 4.32. The van der Waals surface area contributed by atoms with Gasteiger partial charge >= 0.3 is 0 Å². The Morgan fingerprint density at radius 2 is 2.21 bits per heavy atom. The van der Waals surface area contributed by atoms with E-state index in [0.717, 1.165) is 29.9 Å². The van der Waals surface area contributed by atoms with Crippen molar-refractivity contribution in [2.75, 3.05) is 0 Å². The Balaban J connectivity index is 2.50. The van der Waals surface area contributed by atoms with Crippen LogP contribution in [-0.2, 0) is 6.42 Å². The van der Waals surface area contributed by atoms with Gasteiger partial charge in [-0.3, -0.25) is 4.79 Å². The van der Waals surface area contributed by atoms with Crippen LogP contribution in [0.2, 0.25) is 0 Å². The molecule has 0 aliphatic heterocycles. The first-order chi connectivity index (χ1) is 6.61. The number of carbonyl (C=O) groups excluding carboxylic acids is 1. The Hall–Kier alpha value is -1.12. The van der Waals surface area contributed by atoms with E-state index in [9.17, 15) is 4.79 Å². The van der Waals surface area contributed by atoms with Crippen LogP contribution < -0.4 is 0 Å². The summed E-state index contributed by atoms with van der Waals surface area (Å²) in [7, 11) is 0. The Bertz CT molecular complexity index is 365. The van der Waals surface area contributed by atoms with Crippen LogP contribution in [0.1, 0.15) is 54.9 Å². The van der Waals surface area contributed by atoms with Crippen molar-refractivity contribution in [3.05, 3.63) is 17.0 Å². The summed E-state index contributed by atoms with van der Waals surface area (Å²) in [5.74, 6) is 1.38. The van der Waals surface area contributed by atoms with E-state index in [4.69, 9.17) is 4.52 Å². The van der Waals surface area contributed by atoms with Crippen LogP contribution in [0.3, 0.4) is 0 Å². The molecule has 0 aromatic carbocycles. The molecule has 1 aromatic heterocycles. The summed E-state index contributed by atoms with van der Waals surface area (Å²) < 4.78 is 5.20. The fourth-order valence-electron chi connectivity index (χ4n) is 1.89. The molecule has 0 amide bonds. The Morgan fingerprint density at radius 3 is 2.86 bits per heavy atom. The largest absolute Gasteiger partial charge is 0.360 e. The molecule has 0 spiro atoms. The van der Waals surface area contributed by atoms with Gasteiger partial charge in [0.25, 0.3) is 0 Å². The fourth-order valence-corrected chi connectivity index (χ4v) is 1.89. The molecule has 1 aliphatic rings. The van der Waals surface area contributed by atoms with Gasteiger partial charge in [0.15, 0.2) is 5.78 Å². The standard InChI is InChI=1S/C11H15NO2/c1-6(2)10-9-8(14-12-10)5-4-7(3)11(9)13/h6-7H,4-5H2,1-3H3. The number of nitrogens with zero attached hydrogens (tertiary/aromatic N) is 1. The van der Waals surface area contributed by atoms with E-state index in [0.29, 0.717) is 0 Å². The van der Waals surface area contributed by atoms with Crippen LogP contribution in [0.4, 0.5) is 0 Å². The number of rotatable bonds is 1. The summed E-state index contributed by atoms with van der Waals surface area (Å²) in [6.07, 6.45) is 1.74. The SMILES string of the molecule is CC1CCc2onc(C(C)C)c2C1=O. The lowest BCUT2D eigenvalue weighted by Gasteiger charge is -2.16. The third-order valence-corrected chi connectivity index (χ3v) is 2.83. The van der Waals surface area contributed by atoms with E-state index in [1.165, 1.54) is 0 Å². The maximum Gasteiger partial charge on any atom is 0.171 e. The van der Waals surface area contributed by atoms with Crippen LogP contribution >= 0.6 is 0 Å². The predicted molar refractivity (Wildman–Crippen MR) is 52.4 cm³/mol. The van der Waals surface area contributed by atoms with Crippen molar-refractivity contribution in [1.29, 1.82) is 0 Å². The Labute approximate surface area is 83.5 Å². The molecule has 0 bridgehead atoms. The fraction of sp³-hybridized carbons (Fsp3) is 0.636. The van der Waals surface area contributed by atoms with Crippen molar-refractivity contribution in [3.63, 3.8) is 0 Å². The summed E-state index contributed by atoms with van der Waals surface area (Å²) >= 11 is 0. The zero-order valence-corrected chi connectivity index (χ0v) is 8.83. The molecule has 0 saturated heterocycles. The smallest absolute Gasteiger partial charge is 0.171 e. The van der Waals surface area contributed by atoms with Crippen LogP contribution in [0.5, 0.6) is 0 Å². The number of ketones is 1. The summed E-state index contributed by atoms with van der Waals surface area (Å²) in [6.45, 7) is 6.04. The van der Waals surface area contributed by atoms with Gasteiger partial charge in [-0.2, -0.15) is 0 Å². The van der Waals surface area contributed by atoms with Crippen LogP contribution in [0, 0.1) is 5.92 Å². The van der Waals surface area contributed by atoms with Gasteiger partial charge in [0.05, 0.1) is 11.3 Å². The zero-order valence-electron chi connectivity index (χ0n) is 8.83. The average Bonchev–Trinajstić information content (AvgIpc) is 2.55. The third-order valence-electron chi connectivity index (χ3n) is 2.83. The second kappa shape index (κ2) is 3.23. The van der Waals surface area contributed by atoms with Gasteiger partial charge in [0.2, 0.25) is 0 Å². The topological polar surface area (TPSA) is 43.1 Å². The zero-order chi connectivity index (χ0) is 10.3. The quantitative estimate of drug-likeness (QED) is 0.688. The first-order valence-corrected chi connectivity index (χ1v) is 5.14. The molecule has 1 unspecified atom stereocenters. The minimum absolute atomic E-state index is 0.124. The van der Waals surface area contributed by atoms with Gasteiger partial charge < -0.3 is 4.52 Å². The van der Waals surface area contributed by atoms with E-state index in [-0.39, 0.29) is 17.6 Å². The Morgan fingerprint density at radius 1 is 1.50 bits per heavy atom. The van der Waals surface area contributed by atoms with Crippen LogP contribution in [0.25, 0.3) is 0 Å². The molecule has 1 aromatic rings. The van der Waals surface area contributed by atoms with Gasteiger partial charge in [-0.1, -0.05) is 25.9 Å². The van der Waals surface area contributed by atoms with Gasteiger partial charge in [0, 0.05) is 12.3 Å². The molecule has 0 saturated carbocycles. The van der Waals surface area contributed by atoms with E-state index >= 15 is 0 Å². The highest BCUT2D eigenvalue weighted by molar-refractivity contribution is 6.00. The van der Waals surface area contributed by atoms with E-state index < -0.39 is 0 Å². The molecule has 2 rings (SSSR count). The molecule has 0 fully saturated rings. The number of fused-ring (bicyclic) bond motifs is 1. The first kappa shape index (κ1) is 9.44. The highest BCUT2D eigenvalue weighted by Crippen LogP contribution is 2.30. The summed E-state index contributed by atoms with van der Waals surface area (Å²) in [5, 5.41) is 3.99. The van der Waals surface area contributed by atoms with Crippen LogP contribution in [0.15, 0.2) is 4.52 Å². The summed E-state index contributed by atoms with van der Waals surface area (Å²) in [6, 6.07) is 0. The number of hydrogen-bond acceptors (Lipinski definition) is 3. The van der Waals surface area contributed by atoms with E-state index in [2.05, 4.69) is 5.16 Å². The molecule has 1 heterocycles. The molecule has 76 valence electrons. The number of Topliss-reactive ketones (excluding diaryl/α,β-unsaturated/α-hetero) is 1. The van der Waals surface area contributed by atoms with Crippen molar-refractivity contribution in [2.24, 2.45) is 5.92 Å². The van der Waals surface area contributed by atoms with Crippen molar-refractivity contribution >= 4 is 5.78 Å². The molecule has 3 nitrogen and oxygen atoms in total. The van der Waals surface area contributed by atoms with Gasteiger partial charge in [-0.15, -0.1) is 0 Å². The van der Waals surface area contributed by atoms with Gasteiger partial charge in [-0.25, -0.2) is 0 Å². The lowest BCUT2D eigenvalue weighted by atomic mass is 9.85. The molecular weight excluding hydrogens is 178 g/mol. The number of aromatic nitrogens is 1. The highest BCUT2D eigenvalue weighted by atomic mass is 16.5. The van der Waals surface area contributed by atoms with Crippen molar-refractivity contribution in [1.82, 2.24) is 5.16 Å². The lowest BCUT2D eigenvalue weighted by Crippen LogP contribution is -2.20. The van der Waals surface area contributed by atoms with E-state index in [1.807, 2.05) is 20.8 Å². The lowest BCUT2D eigenvalue weighted by molar-refractivity contribution is 0.0908. The van der Waals surface area contributed by atoms with Gasteiger partial charge in [0.1, 0.15) is 5.76 Å². The molecular formula is C11H15NO2. The molecule has 1 aliphatic carbocycles. The number of aryl methyl sites for hydroxylation is 1. The minimum atomic E-state index is 0.124. The monoisotopic (exact) mass is 193 g/mol. The average molecular weight is 193 g/mol. The number of carbonyl (C=O) groups is 1. The van der Waals surface area contributed by atoms with Crippen molar-refractivity contribution < 1.29 is 9.32 Å². The summed E-state index contributed by atoms with van der Waals surface area (Å²) in [5.41, 5.74) is 1.59. The summed E-state index contributed by atoms with van der Waals surface area (Å²) in [4.78, 5) is 11.9. The molecule has 3 heteroatoms. The first-order valence-electron chi connectivity index (χ1n) is 5.14. The van der Waals surface area contributed by atoms with Crippen molar-refractivity contribution in [2.45, 2.75) is 39.5 Å². The molecule has 0 radical (unpaired) electrons. The predicted octanol–water partition coefficient (Wildman–Crippen LogP) is 2.56. The van der Waals surface area contributed by atoms with Crippen molar-refractivity contribution in [3.8, 4) is 0 Å². The maximum absolute atomic E-state index is 11.9. The highest BCUT2D eigenvalue weighted by Gasteiger charge is 2.31. The minimum Gasteiger partial charge on any atom is -0.360 e. The van der Waals surface area contributed by atoms with E-state index in [1.54, 1.807) is 0 Å². The third kappa shape index (κ3) is 1.27. The molecule has 1 atom stereocenters. The Kier molecular flexibility index (Phi) is 2.17. The number of hydrogen-bond donors (Lipinski definition) is 0. The molecule has 0 N–H and O–H groups in total. The normalized spacial score (nSPS) is 21.4. The second-order valence-electron chi connectivity index (χ2n) is 4.32. The maximum atomic E-state index is 11.9. The van der Waals surface area contributed by atoms with Gasteiger partial charge in [-0.05, 0) is 12.3 Å². The van der Waals surface area contributed by atoms with Crippen LogP contribution in [-0.4, -0.2) is 10.9 Å².